The fourth-order valence-corrected chi connectivity index (χ4v) is 3.78. The number of fused-ring (bicyclic) bond motifs is 1. The minimum Gasteiger partial charge on any atom is -0.327 e. The van der Waals surface area contributed by atoms with Crippen molar-refractivity contribution in [2.24, 2.45) is 0 Å². The van der Waals surface area contributed by atoms with Crippen molar-refractivity contribution in [3.05, 3.63) is 59.9 Å². The first-order chi connectivity index (χ1) is 11.5. The van der Waals surface area contributed by atoms with Gasteiger partial charge in [-0.05, 0) is 43.2 Å². The summed E-state index contributed by atoms with van der Waals surface area (Å²) in [5, 5.41) is 0. The Bertz CT molecular complexity index is 944. The van der Waals surface area contributed by atoms with Gasteiger partial charge in [0.05, 0.1) is 15.9 Å². The number of benzene rings is 2. The SMILES string of the molecule is CCc1ccc(S(=O)(=O)NCCn2c(C)nc3ccccc32)cc1. The van der Waals surface area contributed by atoms with Crippen molar-refractivity contribution >= 4 is 21.1 Å². The molecule has 3 rings (SSSR count). The number of aromatic nitrogens is 2. The van der Waals surface area contributed by atoms with Gasteiger partial charge in [0.1, 0.15) is 5.82 Å². The second-order valence-corrected chi connectivity index (χ2v) is 7.46. The lowest BCUT2D eigenvalue weighted by atomic mass is 10.2. The van der Waals surface area contributed by atoms with Gasteiger partial charge in [0.15, 0.2) is 0 Å². The Hall–Kier alpha value is -2.18. The molecule has 6 heteroatoms. The van der Waals surface area contributed by atoms with Crippen molar-refractivity contribution in [1.82, 2.24) is 14.3 Å². The number of sulfonamides is 1. The molecule has 1 N–H and O–H groups in total. The summed E-state index contributed by atoms with van der Waals surface area (Å²) in [4.78, 5) is 4.79. The van der Waals surface area contributed by atoms with Crippen LogP contribution in [0.25, 0.3) is 11.0 Å². The van der Waals surface area contributed by atoms with Gasteiger partial charge in [-0.15, -0.1) is 0 Å². The van der Waals surface area contributed by atoms with Crippen LogP contribution in [-0.4, -0.2) is 24.5 Å². The van der Waals surface area contributed by atoms with E-state index in [1.165, 1.54) is 0 Å². The second-order valence-electron chi connectivity index (χ2n) is 5.69. The zero-order chi connectivity index (χ0) is 17.2. The number of nitrogens with zero attached hydrogens (tertiary/aromatic N) is 2. The normalized spacial score (nSPS) is 11.9. The third-order valence-corrected chi connectivity index (χ3v) is 5.59. The summed E-state index contributed by atoms with van der Waals surface area (Å²) >= 11 is 0. The molecule has 0 radical (unpaired) electrons. The number of rotatable bonds is 6. The van der Waals surface area contributed by atoms with Crippen LogP contribution in [-0.2, 0) is 23.0 Å². The molecule has 0 bridgehead atoms. The molecule has 0 fully saturated rings. The van der Waals surface area contributed by atoms with Crippen LogP contribution in [0.15, 0.2) is 53.4 Å². The maximum Gasteiger partial charge on any atom is 0.240 e. The van der Waals surface area contributed by atoms with Crippen LogP contribution in [0.5, 0.6) is 0 Å². The molecule has 3 aromatic rings. The maximum absolute atomic E-state index is 12.4. The predicted octanol–water partition coefficient (Wildman–Crippen LogP) is 2.89. The summed E-state index contributed by atoms with van der Waals surface area (Å²) in [5.74, 6) is 0.877. The monoisotopic (exact) mass is 343 g/mol. The first-order valence-corrected chi connectivity index (χ1v) is 9.50. The van der Waals surface area contributed by atoms with E-state index in [0.717, 1.165) is 28.8 Å². The van der Waals surface area contributed by atoms with Crippen molar-refractivity contribution in [2.45, 2.75) is 31.7 Å². The van der Waals surface area contributed by atoms with Crippen LogP contribution >= 0.6 is 0 Å². The number of hydrogen-bond acceptors (Lipinski definition) is 3. The van der Waals surface area contributed by atoms with Crippen molar-refractivity contribution in [1.29, 1.82) is 0 Å². The highest BCUT2D eigenvalue weighted by atomic mass is 32.2. The maximum atomic E-state index is 12.4. The summed E-state index contributed by atoms with van der Waals surface area (Å²) < 4.78 is 29.4. The smallest absolute Gasteiger partial charge is 0.240 e. The Kier molecular flexibility index (Phi) is 4.69. The van der Waals surface area contributed by atoms with E-state index in [-0.39, 0.29) is 0 Å². The average Bonchev–Trinajstić information content (AvgIpc) is 2.90. The molecule has 0 amide bonds. The van der Waals surface area contributed by atoms with Gasteiger partial charge < -0.3 is 4.57 Å². The van der Waals surface area contributed by atoms with Crippen molar-refractivity contribution in [3.63, 3.8) is 0 Å². The molecule has 126 valence electrons. The largest absolute Gasteiger partial charge is 0.327 e. The highest BCUT2D eigenvalue weighted by Gasteiger charge is 2.14. The standard InChI is InChI=1S/C18H21N3O2S/c1-3-15-8-10-16(11-9-15)24(22,23)19-12-13-21-14(2)20-17-6-4-5-7-18(17)21/h4-11,19H,3,12-13H2,1-2H3. The summed E-state index contributed by atoms with van der Waals surface area (Å²) in [5.41, 5.74) is 3.06. The average molecular weight is 343 g/mol. The van der Waals surface area contributed by atoms with Gasteiger partial charge in [-0.1, -0.05) is 31.2 Å². The molecule has 0 spiro atoms. The van der Waals surface area contributed by atoms with Gasteiger partial charge in [0.2, 0.25) is 10.0 Å². The Balaban J connectivity index is 1.71. The molecule has 0 aliphatic heterocycles. The molecular formula is C18H21N3O2S. The lowest BCUT2D eigenvalue weighted by Gasteiger charge is -2.10. The van der Waals surface area contributed by atoms with E-state index in [4.69, 9.17) is 0 Å². The molecule has 24 heavy (non-hydrogen) atoms. The second kappa shape index (κ2) is 6.75. The number of imidazole rings is 1. The Morgan fingerprint density at radius 1 is 1.08 bits per heavy atom. The Morgan fingerprint density at radius 2 is 1.79 bits per heavy atom. The summed E-state index contributed by atoms with van der Waals surface area (Å²) in [6.07, 6.45) is 0.890. The van der Waals surface area contributed by atoms with E-state index in [1.54, 1.807) is 12.1 Å². The van der Waals surface area contributed by atoms with Crippen molar-refractivity contribution in [3.8, 4) is 0 Å². The molecule has 0 saturated heterocycles. The minimum absolute atomic E-state index is 0.298. The van der Waals surface area contributed by atoms with Gasteiger partial charge in [-0.2, -0.15) is 0 Å². The van der Waals surface area contributed by atoms with E-state index in [0.29, 0.717) is 18.0 Å². The number of hydrogen-bond donors (Lipinski definition) is 1. The molecule has 0 atom stereocenters. The molecule has 0 aliphatic carbocycles. The zero-order valence-electron chi connectivity index (χ0n) is 13.9. The van der Waals surface area contributed by atoms with E-state index < -0.39 is 10.0 Å². The lowest BCUT2D eigenvalue weighted by molar-refractivity contribution is 0.572. The third kappa shape index (κ3) is 3.34. The van der Waals surface area contributed by atoms with Crippen molar-refractivity contribution < 1.29 is 8.42 Å². The number of aryl methyl sites for hydroxylation is 2. The van der Waals surface area contributed by atoms with Crippen LogP contribution in [0, 0.1) is 6.92 Å². The predicted molar refractivity (Wildman–Crippen MR) is 95.5 cm³/mol. The highest BCUT2D eigenvalue weighted by molar-refractivity contribution is 7.89. The van der Waals surface area contributed by atoms with Gasteiger partial charge in [-0.25, -0.2) is 18.1 Å². The first-order valence-electron chi connectivity index (χ1n) is 8.02. The Morgan fingerprint density at radius 3 is 2.50 bits per heavy atom. The van der Waals surface area contributed by atoms with E-state index in [2.05, 4.69) is 9.71 Å². The van der Waals surface area contributed by atoms with Gasteiger partial charge in [-0.3, -0.25) is 0 Å². The third-order valence-electron chi connectivity index (χ3n) is 4.11. The van der Waals surface area contributed by atoms with Crippen LogP contribution in [0.4, 0.5) is 0 Å². The summed E-state index contributed by atoms with van der Waals surface area (Å²) in [7, 11) is -3.49. The molecule has 1 aromatic heterocycles. The number of nitrogens with one attached hydrogen (secondary N) is 1. The van der Waals surface area contributed by atoms with E-state index in [9.17, 15) is 8.42 Å². The lowest BCUT2D eigenvalue weighted by Crippen LogP contribution is -2.27. The topological polar surface area (TPSA) is 64.0 Å². The van der Waals surface area contributed by atoms with Crippen molar-refractivity contribution in [2.75, 3.05) is 6.54 Å². The molecule has 1 heterocycles. The van der Waals surface area contributed by atoms with Crippen LogP contribution in [0.3, 0.4) is 0 Å². The molecule has 2 aromatic carbocycles. The first kappa shape index (κ1) is 16.7. The Labute approximate surface area is 142 Å². The quantitative estimate of drug-likeness (QED) is 0.748. The van der Waals surface area contributed by atoms with Crippen LogP contribution < -0.4 is 4.72 Å². The summed E-state index contributed by atoms with van der Waals surface area (Å²) in [6, 6.07) is 14.9. The van der Waals surface area contributed by atoms with E-state index in [1.807, 2.05) is 54.8 Å². The zero-order valence-corrected chi connectivity index (χ0v) is 14.7. The molecular weight excluding hydrogens is 322 g/mol. The number of para-hydroxylation sites is 2. The van der Waals surface area contributed by atoms with E-state index >= 15 is 0 Å². The fraction of sp³-hybridized carbons (Fsp3) is 0.278. The molecule has 5 nitrogen and oxygen atoms in total. The van der Waals surface area contributed by atoms with Gasteiger partial charge in [0.25, 0.3) is 0 Å². The van der Waals surface area contributed by atoms with Crippen LogP contribution in [0.1, 0.15) is 18.3 Å². The fourth-order valence-electron chi connectivity index (χ4n) is 2.76. The minimum atomic E-state index is -3.49. The molecule has 0 unspecified atom stereocenters. The highest BCUT2D eigenvalue weighted by Crippen LogP contribution is 2.15. The summed E-state index contributed by atoms with van der Waals surface area (Å²) in [6.45, 7) is 4.83. The van der Waals surface area contributed by atoms with Crippen LogP contribution in [0.2, 0.25) is 0 Å². The van der Waals surface area contributed by atoms with Gasteiger partial charge in [0, 0.05) is 13.1 Å². The molecule has 0 aliphatic rings. The van der Waals surface area contributed by atoms with Gasteiger partial charge >= 0.3 is 0 Å². The molecule has 0 saturated carbocycles.